The second-order valence-corrected chi connectivity index (χ2v) is 10.8. The summed E-state index contributed by atoms with van der Waals surface area (Å²) in [7, 11) is 0. The van der Waals surface area contributed by atoms with Gasteiger partial charge in [0.2, 0.25) is 5.91 Å². The predicted molar refractivity (Wildman–Crippen MR) is 140 cm³/mol. The molecule has 1 heterocycles. The number of aryl methyl sites for hydroxylation is 1. The Morgan fingerprint density at radius 3 is 2.54 bits per heavy atom. The fraction of sp³-hybridized carbons (Fsp3) is 0.724. The molecule has 0 spiro atoms. The number of likely N-dealkylation sites (tertiary alicyclic amines) is 1. The van der Waals surface area contributed by atoms with Crippen LogP contribution in [0.4, 0.5) is 0 Å². The van der Waals surface area contributed by atoms with Crippen molar-refractivity contribution in [1.82, 2.24) is 4.90 Å². The first kappa shape index (κ1) is 29.2. The van der Waals surface area contributed by atoms with Crippen LogP contribution in [-0.2, 0) is 27.3 Å². The van der Waals surface area contributed by atoms with Crippen molar-refractivity contribution in [1.29, 1.82) is 0 Å². The third-order valence-corrected chi connectivity index (χ3v) is 7.53. The van der Waals surface area contributed by atoms with Gasteiger partial charge in [0, 0.05) is 45.0 Å². The SMILES string of the molecule is CCCC(CO)CC(O)CC(CCc1cc(CN2CCCC2=O)c(O)c(OC2CCCC2)c1)OC(C)=O. The molecule has 8 heteroatoms. The smallest absolute Gasteiger partial charge is 0.302 e. The summed E-state index contributed by atoms with van der Waals surface area (Å²) in [5, 5.41) is 31.2. The molecule has 3 atom stereocenters. The number of phenolic OH excluding ortho intramolecular Hbond substituents is 1. The topological polar surface area (TPSA) is 117 Å². The molecule has 1 aliphatic carbocycles. The Morgan fingerprint density at radius 1 is 1.16 bits per heavy atom. The zero-order valence-electron chi connectivity index (χ0n) is 22.5. The lowest BCUT2D eigenvalue weighted by Gasteiger charge is -2.24. The van der Waals surface area contributed by atoms with Gasteiger partial charge in [-0.3, -0.25) is 9.59 Å². The van der Waals surface area contributed by atoms with E-state index < -0.39 is 18.2 Å². The number of phenols is 1. The van der Waals surface area contributed by atoms with Gasteiger partial charge in [-0.15, -0.1) is 0 Å². The summed E-state index contributed by atoms with van der Waals surface area (Å²) < 4.78 is 11.7. The van der Waals surface area contributed by atoms with Gasteiger partial charge in [0.15, 0.2) is 11.5 Å². The average Bonchev–Trinajstić information content (AvgIpc) is 3.51. The van der Waals surface area contributed by atoms with Crippen LogP contribution in [0.1, 0.15) is 95.6 Å². The minimum Gasteiger partial charge on any atom is -0.504 e. The highest BCUT2D eigenvalue weighted by Crippen LogP contribution is 2.36. The summed E-state index contributed by atoms with van der Waals surface area (Å²) in [6.07, 6.45) is 8.05. The molecule has 3 unspecified atom stereocenters. The largest absolute Gasteiger partial charge is 0.504 e. The Balaban J connectivity index is 1.73. The lowest BCUT2D eigenvalue weighted by molar-refractivity contribution is -0.148. The highest BCUT2D eigenvalue weighted by atomic mass is 16.5. The van der Waals surface area contributed by atoms with E-state index in [-0.39, 0.29) is 30.3 Å². The maximum Gasteiger partial charge on any atom is 0.302 e. The van der Waals surface area contributed by atoms with Gasteiger partial charge in [0.25, 0.3) is 0 Å². The molecule has 3 N–H and O–H groups in total. The van der Waals surface area contributed by atoms with Crippen molar-refractivity contribution in [3.63, 3.8) is 0 Å². The molecular weight excluding hydrogens is 474 g/mol. The molecule has 208 valence electrons. The van der Waals surface area contributed by atoms with Crippen LogP contribution in [0.5, 0.6) is 11.5 Å². The molecule has 1 aromatic carbocycles. The molecule has 8 nitrogen and oxygen atoms in total. The zero-order chi connectivity index (χ0) is 26.8. The van der Waals surface area contributed by atoms with Crippen LogP contribution in [0, 0.1) is 5.92 Å². The number of ether oxygens (including phenoxy) is 2. The second-order valence-electron chi connectivity index (χ2n) is 10.8. The Bertz CT molecular complexity index is 883. The Morgan fingerprint density at radius 2 is 1.92 bits per heavy atom. The molecule has 0 aromatic heterocycles. The first-order chi connectivity index (χ1) is 17.8. The summed E-state index contributed by atoms with van der Waals surface area (Å²) in [4.78, 5) is 25.8. The van der Waals surface area contributed by atoms with Crippen LogP contribution in [0.15, 0.2) is 12.1 Å². The molecule has 1 saturated heterocycles. The predicted octanol–water partition coefficient (Wildman–Crippen LogP) is 4.25. The van der Waals surface area contributed by atoms with Crippen LogP contribution in [0.2, 0.25) is 0 Å². The van der Waals surface area contributed by atoms with E-state index in [1.54, 1.807) is 4.90 Å². The number of rotatable bonds is 15. The number of esters is 1. The third-order valence-electron chi connectivity index (χ3n) is 7.53. The van der Waals surface area contributed by atoms with Crippen molar-refractivity contribution < 1.29 is 34.4 Å². The Kier molecular flexibility index (Phi) is 11.5. The number of hydrogen-bond donors (Lipinski definition) is 3. The lowest BCUT2D eigenvalue weighted by Crippen LogP contribution is -2.26. The van der Waals surface area contributed by atoms with E-state index in [0.29, 0.717) is 56.5 Å². The van der Waals surface area contributed by atoms with Gasteiger partial charge in [-0.2, -0.15) is 0 Å². The van der Waals surface area contributed by atoms with Gasteiger partial charge >= 0.3 is 5.97 Å². The van der Waals surface area contributed by atoms with Crippen LogP contribution in [-0.4, -0.2) is 63.6 Å². The van der Waals surface area contributed by atoms with E-state index in [0.717, 1.165) is 50.5 Å². The van der Waals surface area contributed by atoms with Gasteiger partial charge in [0.1, 0.15) is 6.10 Å². The molecule has 3 rings (SSSR count). The Hall–Kier alpha value is -2.32. The molecule has 0 bridgehead atoms. The zero-order valence-corrected chi connectivity index (χ0v) is 22.5. The summed E-state index contributed by atoms with van der Waals surface area (Å²) >= 11 is 0. The normalized spacial score (nSPS) is 18.7. The summed E-state index contributed by atoms with van der Waals surface area (Å²) in [5.41, 5.74) is 1.59. The number of aromatic hydroxyl groups is 1. The van der Waals surface area contributed by atoms with E-state index >= 15 is 0 Å². The molecule has 1 aromatic rings. The summed E-state index contributed by atoms with van der Waals surface area (Å²) in [6, 6.07) is 3.76. The van der Waals surface area contributed by atoms with Crippen molar-refractivity contribution in [3.05, 3.63) is 23.3 Å². The number of nitrogens with zero attached hydrogens (tertiary/aromatic N) is 1. The monoisotopic (exact) mass is 519 g/mol. The molecule has 1 aliphatic heterocycles. The van der Waals surface area contributed by atoms with Crippen LogP contribution in [0.25, 0.3) is 0 Å². The first-order valence-corrected chi connectivity index (χ1v) is 14.0. The first-order valence-electron chi connectivity index (χ1n) is 14.0. The maximum absolute atomic E-state index is 12.2. The molecule has 1 amide bonds. The van der Waals surface area contributed by atoms with Gasteiger partial charge in [0.05, 0.1) is 12.2 Å². The van der Waals surface area contributed by atoms with Crippen LogP contribution < -0.4 is 4.74 Å². The van der Waals surface area contributed by atoms with Crippen molar-refractivity contribution in [2.24, 2.45) is 5.92 Å². The van der Waals surface area contributed by atoms with Crippen LogP contribution >= 0.6 is 0 Å². The number of carbonyl (C=O) groups excluding carboxylic acids is 2. The number of aliphatic hydroxyl groups is 2. The van der Waals surface area contributed by atoms with Crippen molar-refractivity contribution in [3.8, 4) is 11.5 Å². The molecular formula is C29H45NO7. The van der Waals surface area contributed by atoms with E-state index in [4.69, 9.17) is 9.47 Å². The number of carbonyl (C=O) groups is 2. The fourth-order valence-corrected chi connectivity index (χ4v) is 5.61. The van der Waals surface area contributed by atoms with Gasteiger partial charge in [-0.1, -0.05) is 19.4 Å². The van der Waals surface area contributed by atoms with Crippen LogP contribution in [0.3, 0.4) is 0 Å². The highest BCUT2D eigenvalue weighted by molar-refractivity contribution is 5.78. The minimum absolute atomic E-state index is 0.0289. The molecule has 0 radical (unpaired) electrons. The third kappa shape index (κ3) is 9.18. The summed E-state index contributed by atoms with van der Waals surface area (Å²) in [5.74, 6) is 0.264. The van der Waals surface area contributed by atoms with Crippen molar-refractivity contribution in [2.45, 2.75) is 116 Å². The van der Waals surface area contributed by atoms with E-state index in [2.05, 4.69) is 0 Å². The van der Waals surface area contributed by atoms with Crippen molar-refractivity contribution >= 4 is 11.9 Å². The maximum atomic E-state index is 12.2. The number of amides is 1. The molecule has 1 saturated carbocycles. The number of benzene rings is 1. The minimum atomic E-state index is -0.675. The molecule has 2 aliphatic rings. The Labute approximate surface area is 221 Å². The van der Waals surface area contributed by atoms with E-state index in [9.17, 15) is 24.9 Å². The lowest BCUT2D eigenvalue weighted by atomic mass is 9.93. The standard InChI is InChI=1S/C29H45NO7/c1-3-7-22(19-31)15-24(33)17-26(36-20(2)32)12-11-21-14-23(18-30-13-6-10-28(30)34)29(35)27(16-21)37-25-8-4-5-9-25/h14,16,22,24-26,31,33,35H,3-13,15,17-19H2,1-2H3. The van der Waals surface area contributed by atoms with E-state index in [1.807, 2.05) is 19.1 Å². The highest BCUT2D eigenvalue weighted by Gasteiger charge is 2.25. The molecule has 2 fully saturated rings. The molecule has 37 heavy (non-hydrogen) atoms. The summed E-state index contributed by atoms with van der Waals surface area (Å²) in [6.45, 7) is 4.47. The number of hydrogen-bond acceptors (Lipinski definition) is 7. The van der Waals surface area contributed by atoms with Gasteiger partial charge in [-0.25, -0.2) is 0 Å². The number of aliphatic hydroxyl groups excluding tert-OH is 2. The average molecular weight is 520 g/mol. The quantitative estimate of drug-likeness (QED) is 0.297. The van der Waals surface area contributed by atoms with Gasteiger partial charge < -0.3 is 29.7 Å². The fourth-order valence-electron chi connectivity index (χ4n) is 5.61. The van der Waals surface area contributed by atoms with E-state index in [1.165, 1.54) is 6.92 Å². The van der Waals surface area contributed by atoms with Gasteiger partial charge in [-0.05, 0) is 75.3 Å². The van der Waals surface area contributed by atoms with Crippen molar-refractivity contribution in [2.75, 3.05) is 13.2 Å². The second kappa shape index (κ2) is 14.6.